The van der Waals surface area contributed by atoms with Crippen LogP contribution >= 0.6 is 34.7 Å². The molecule has 0 spiro atoms. The number of carbonyl (C=O) groups is 2. The second-order valence-corrected chi connectivity index (χ2v) is 10.3. The van der Waals surface area contributed by atoms with Crippen LogP contribution in [0.4, 0.5) is 11.1 Å². The minimum atomic E-state index is -0.292. The van der Waals surface area contributed by atoms with Crippen LogP contribution in [-0.4, -0.2) is 62.4 Å². The summed E-state index contributed by atoms with van der Waals surface area (Å²) in [5.74, 6) is 2.16. The van der Waals surface area contributed by atoms with Crippen LogP contribution in [0.2, 0.25) is 5.02 Å². The number of aromatic nitrogens is 3. The predicted octanol–water partition coefficient (Wildman–Crippen LogP) is 3.89. The smallest absolute Gasteiger partial charge is 0.251 e. The van der Waals surface area contributed by atoms with Crippen molar-refractivity contribution in [3.8, 4) is 0 Å². The molecule has 1 saturated heterocycles. The average Bonchev–Trinajstić information content (AvgIpc) is 3.37. The molecule has 0 radical (unpaired) electrons. The molecule has 4 aromatic rings. The number of aryl methyl sites for hydroxylation is 1. The van der Waals surface area contributed by atoms with E-state index < -0.39 is 0 Å². The van der Waals surface area contributed by atoms with Gasteiger partial charge >= 0.3 is 0 Å². The number of hydrogen-bond acceptors (Lipinski definition) is 7. The molecular weight excluding hydrogens is 480 g/mol. The van der Waals surface area contributed by atoms with Gasteiger partial charge in [-0.15, -0.1) is 0 Å². The predicted molar refractivity (Wildman–Crippen MR) is 135 cm³/mol. The van der Waals surface area contributed by atoms with Crippen LogP contribution in [0.3, 0.4) is 0 Å². The maximum absolute atomic E-state index is 12.6. The van der Waals surface area contributed by atoms with E-state index >= 15 is 0 Å². The molecule has 0 saturated carbocycles. The molecule has 8 nitrogen and oxygen atoms in total. The van der Waals surface area contributed by atoms with Gasteiger partial charge in [0.15, 0.2) is 5.13 Å². The maximum atomic E-state index is 12.6. The standard InChI is InChI=1S/C22H21ClN6O2S2/c1-28-17-5-2-13(20(31)24-12-19(30)29-6-8-32-9-7-29)10-16(17)25-21(28)27-22-26-15-4-3-14(23)11-18(15)33-22/h2-5,10-11H,6-9,12H2,1H3,(H,24,31)(H,25,26,27). The van der Waals surface area contributed by atoms with Gasteiger partial charge < -0.3 is 20.1 Å². The normalized spacial score (nSPS) is 14.1. The number of rotatable bonds is 5. The lowest BCUT2D eigenvalue weighted by molar-refractivity contribution is -0.129. The van der Waals surface area contributed by atoms with Gasteiger partial charge in [0.05, 0.1) is 27.8 Å². The number of carbonyl (C=O) groups excluding carboxylic acids is 2. The first-order valence-electron chi connectivity index (χ1n) is 10.4. The summed E-state index contributed by atoms with van der Waals surface area (Å²) in [6.45, 7) is 1.46. The Balaban J connectivity index is 1.30. The summed E-state index contributed by atoms with van der Waals surface area (Å²) in [7, 11) is 1.90. The summed E-state index contributed by atoms with van der Waals surface area (Å²) in [5.41, 5.74) is 2.88. The van der Waals surface area contributed by atoms with E-state index in [9.17, 15) is 9.59 Å². The van der Waals surface area contributed by atoms with Crippen LogP contribution < -0.4 is 10.6 Å². The van der Waals surface area contributed by atoms with Crippen LogP contribution in [0.1, 0.15) is 10.4 Å². The van der Waals surface area contributed by atoms with Crippen molar-refractivity contribution in [1.29, 1.82) is 0 Å². The maximum Gasteiger partial charge on any atom is 0.251 e. The second-order valence-electron chi connectivity index (χ2n) is 7.63. The number of thioether (sulfide) groups is 1. The van der Waals surface area contributed by atoms with Crippen molar-refractivity contribution >= 4 is 78.8 Å². The molecule has 0 atom stereocenters. The lowest BCUT2D eigenvalue weighted by atomic mass is 10.2. The van der Waals surface area contributed by atoms with E-state index in [1.807, 2.05) is 47.6 Å². The minimum Gasteiger partial charge on any atom is -0.343 e. The summed E-state index contributed by atoms with van der Waals surface area (Å²) in [4.78, 5) is 36.0. The van der Waals surface area contributed by atoms with Crippen LogP contribution in [0.25, 0.3) is 21.3 Å². The van der Waals surface area contributed by atoms with Gasteiger partial charge in [-0.2, -0.15) is 11.8 Å². The first kappa shape index (κ1) is 22.0. The van der Waals surface area contributed by atoms with Crippen molar-refractivity contribution in [3.63, 3.8) is 0 Å². The van der Waals surface area contributed by atoms with Gasteiger partial charge in [-0.1, -0.05) is 22.9 Å². The largest absolute Gasteiger partial charge is 0.343 e. The Bertz CT molecular complexity index is 1360. The van der Waals surface area contributed by atoms with Gasteiger partial charge in [-0.25, -0.2) is 9.97 Å². The number of fused-ring (bicyclic) bond motifs is 2. The number of thiazole rings is 1. The Morgan fingerprint density at radius 1 is 1.09 bits per heavy atom. The quantitative estimate of drug-likeness (QED) is 0.432. The molecule has 5 rings (SSSR count). The first-order chi connectivity index (χ1) is 16.0. The summed E-state index contributed by atoms with van der Waals surface area (Å²) in [6.07, 6.45) is 0. The molecule has 11 heteroatoms. The van der Waals surface area contributed by atoms with Crippen molar-refractivity contribution < 1.29 is 9.59 Å². The molecule has 2 N–H and O–H groups in total. The zero-order valence-electron chi connectivity index (χ0n) is 17.8. The Kier molecular flexibility index (Phi) is 6.13. The molecule has 1 aliphatic heterocycles. The Morgan fingerprint density at radius 3 is 2.73 bits per heavy atom. The highest BCUT2D eigenvalue weighted by atomic mass is 35.5. The third-order valence-electron chi connectivity index (χ3n) is 5.48. The molecule has 3 heterocycles. The second kappa shape index (κ2) is 9.20. The molecular formula is C22H21ClN6O2S2. The SMILES string of the molecule is Cn1c(Nc2nc3ccc(Cl)cc3s2)nc2cc(C(=O)NCC(=O)N3CCSCC3)ccc21. The Labute approximate surface area is 203 Å². The molecule has 170 valence electrons. The number of amides is 2. The molecule has 0 bridgehead atoms. The van der Waals surface area contributed by atoms with Gasteiger partial charge in [-0.3, -0.25) is 9.59 Å². The highest BCUT2D eigenvalue weighted by molar-refractivity contribution is 7.99. The summed E-state index contributed by atoms with van der Waals surface area (Å²) in [5, 5.41) is 7.37. The van der Waals surface area contributed by atoms with Gasteiger partial charge in [0.1, 0.15) is 0 Å². The molecule has 1 fully saturated rings. The van der Waals surface area contributed by atoms with Crippen molar-refractivity contribution in [2.24, 2.45) is 7.05 Å². The molecule has 2 aromatic carbocycles. The highest BCUT2D eigenvalue weighted by Gasteiger charge is 2.18. The van der Waals surface area contributed by atoms with Crippen molar-refractivity contribution in [1.82, 2.24) is 24.8 Å². The van der Waals surface area contributed by atoms with E-state index in [0.29, 0.717) is 27.2 Å². The van der Waals surface area contributed by atoms with E-state index in [-0.39, 0.29) is 18.4 Å². The summed E-state index contributed by atoms with van der Waals surface area (Å²) >= 11 is 9.41. The number of nitrogens with zero attached hydrogens (tertiary/aromatic N) is 4. The molecule has 0 aliphatic carbocycles. The van der Waals surface area contributed by atoms with E-state index in [1.165, 1.54) is 11.3 Å². The number of benzene rings is 2. The number of imidazole rings is 1. The average molecular weight is 501 g/mol. The summed E-state index contributed by atoms with van der Waals surface area (Å²) < 4.78 is 2.90. The molecule has 33 heavy (non-hydrogen) atoms. The number of halogens is 1. The topological polar surface area (TPSA) is 92.1 Å². The van der Waals surface area contributed by atoms with Crippen molar-refractivity contribution in [2.75, 3.05) is 36.5 Å². The highest BCUT2D eigenvalue weighted by Crippen LogP contribution is 2.31. The van der Waals surface area contributed by atoms with E-state index in [1.54, 1.807) is 17.0 Å². The van der Waals surface area contributed by atoms with Crippen molar-refractivity contribution in [3.05, 3.63) is 47.0 Å². The van der Waals surface area contributed by atoms with E-state index in [0.717, 1.165) is 40.3 Å². The minimum absolute atomic E-state index is 0.00180. The lowest BCUT2D eigenvalue weighted by Gasteiger charge is -2.26. The van der Waals surface area contributed by atoms with Gasteiger partial charge in [0, 0.05) is 42.2 Å². The summed E-state index contributed by atoms with van der Waals surface area (Å²) in [6, 6.07) is 10.9. The third kappa shape index (κ3) is 4.64. The number of hydrogen-bond donors (Lipinski definition) is 2. The third-order valence-corrected chi connectivity index (χ3v) is 7.59. The fraction of sp³-hybridized carbons (Fsp3) is 0.273. The molecule has 2 amide bonds. The zero-order chi connectivity index (χ0) is 22.9. The number of anilines is 2. The van der Waals surface area contributed by atoms with Gasteiger partial charge in [0.2, 0.25) is 11.9 Å². The van der Waals surface area contributed by atoms with Crippen molar-refractivity contribution in [2.45, 2.75) is 0 Å². The van der Waals surface area contributed by atoms with Gasteiger partial charge in [-0.05, 0) is 36.4 Å². The van der Waals surface area contributed by atoms with Crippen LogP contribution in [-0.2, 0) is 11.8 Å². The van der Waals surface area contributed by atoms with E-state index in [4.69, 9.17) is 11.6 Å². The number of nitrogens with one attached hydrogen (secondary N) is 2. The van der Waals surface area contributed by atoms with Crippen LogP contribution in [0, 0.1) is 0 Å². The monoisotopic (exact) mass is 500 g/mol. The molecule has 2 aromatic heterocycles. The zero-order valence-corrected chi connectivity index (χ0v) is 20.2. The lowest BCUT2D eigenvalue weighted by Crippen LogP contribution is -2.43. The first-order valence-corrected chi connectivity index (χ1v) is 12.8. The Morgan fingerprint density at radius 2 is 1.91 bits per heavy atom. The van der Waals surface area contributed by atoms with Gasteiger partial charge in [0.25, 0.3) is 5.91 Å². The van der Waals surface area contributed by atoms with Crippen LogP contribution in [0.15, 0.2) is 36.4 Å². The molecule has 0 unspecified atom stereocenters. The molecule has 1 aliphatic rings. The van der Waals surface area contributed by atoms with E-state index in [2.05, 4.69) is 20.6 Å². The fourth-order valence-corrected chi connectivity index (χ4v) is 5.72. The van der Waals surface area contributed by atoms with Crippen LogP contribution in [0.5, 0.6) is 0 Å². The Hall–Kier alpha value is -2.82. The fourth-order valence-electron chi connectivity index (χ4n) is 3.68.